The number of ether oxygens (including phenoxy) is 1. The lowest BCUT2D eigenvalue weighted by molar-refractivity contribution is -0.146. The quantitative estimate of drug-likeness (QED) is 0.244. The maximum atomic E-state index is 13.7. The van der Waals surface area contributed by atoms with E-state index in [0.717, 1.165) is 12.8 Å². The molecule has 1 fully saturated rings. The summed E-state index contributed by atoms with van der Waals surface area (Å²) in [6, 6.07) is 7.43. The number of rotatable bonds is 13. The topological polar surface area (TPSA) is 168 Å². The van der Waals surface area contributed by atoms with Crippen LogP contribution < -0.4 is 21.0 Å². The van der Waals surface area contributed by atoms with Gasteiger partial charge in [-0.2, -0.15) is 10.1 Å². The molecule has 12 nitrogen and oxygen atoms in total. The van der Waals surface area contributed by atoms with Gasteiger partial charge in [0.1, 0.15) is 18.1 Å². The molecule has 4 N–H and O–H groups in total. The molecule has 2 aromatic rings. The predicted molar refractivity (Wildman–Crippen MR) is 140 cm³/mol. The molecule has 3 rings (SSSR count). The van der Waals surface area contributed by atoms with Crippen LogP contribution in [0.5, 0.6) is 5.75 Å². The molecule has 1 aromatic carbocycles. The number of para-hydroxylation sites is 1. The third-order valence-corrected chi connectivity index (χ3v) is 9.14. The molecule has 5 atom stereocenters. The number of carbonyl (C=O) groups is 1. The first-order valence-corrected chi connectivity index (χ1v) is 14.6. The second kappa shape index (κ2) is 13.4. The van der Waals surface area contributed by atoms with Crippen molar-refractivity contribution in [2.45, 2.75) is 62.8 Å². The number of aromatic nitrogens is 3. The van der Waals surface area contributed by atoms with E-state index < -0.39 is 42.2 Å². The summed E-state index contributed by atoms with van der Waals surface area (Å²) < 4.78 is 31.7. The highest BCUT2D eigenvalue weighted by atomic mass is 32.2. The average molecular weight is 556 g/mol. The predicted octanol–water partition coefficient (Wildman–Crippen LogP) is 2.75. The molecule has 2 heterocycles. The Kier molecular flexibility index (Phi) is 10.5. The zero-order valence-electron chi connectivity index (χ0n) is 21.1. The first-order valence-electron chi connectivity index (χ1n) is 12.1. The van der Waals surface area contributed by atoms with Gasteiger partial charge in [-0.15, -0.1) is 11.8 Å². The maximum absolute atomic E-state index is 13.7. The fourth-order valence-corrected chi connectivity index (χ4v) is 6.65. The fourth-order valence-electron chi connectivity index (χ4n) is 3.61. The Bertz CT molecular complexity index is 1130. The number of esters is 1. The molecule has 204 valence electrons. The zero-order valence-corrected chi connectivity index (χ0v) is 22.8. The van der Waals surface area contributed by atoms with Gasteiger partial charge in [0.25, 0.3) is 0 Å². The number of anilines is 1. The molecule has 0 spiro atoms. The molecule has 1 aliphatic rings. The van der Waals surface area contributed by atoms with Gasteiger partial charge in [-0.25, -0.2) is 14.3 Å². The number of thioether (sulfide) groups is 1. The van der Waals surface area contributed by atoms with Crippen molar-refractivity contribution in [3.8, 4) is 5.75 Å². The summed E-state index contributed by atoms with van der Waals surface area (Å²) in [5.41, 5.74) is 4.87. The lowest BCUT2D eigenvalue weighted by Crippen LogP contribution is -2.36. The molecule has 0 unspecified atom stereocenters. The van der Waals surface area contributed by atoms with E-state index in [1.807, 2.05) is 13.8 Å². The minimum absolute atomic E-state index is 0.137. The van der Waals surface area contributed by atoms with Crippen LogP contribution in [0.4, 0.5) is 5.95 Å². The van der Waals surface area contributed by atoms with E-state index in [0.29, 0.717) is 0 Å². The van der Waals surface area contributed by atoms with E-state index in [9.17, 15) is 19.3 Å². The van der Waals surface area contributed by atoms with Crippen molar-refractivity contribution >= 4 is 31.4 Å². The summed E-state index contributed by atoms with van der Waals surface area (Å²) in [6.07, 6.45) is 2.38. The first kappa shape index (κ1) is 29.1. The molecule has 0 saturated carbocycles. The summed E-state index contributed by atoms with van der Waals surface area (Å²) in [4.78, 5) is 32.2. The largest absolute Gasteiger partial charge is 0.464 e. The number of aliphatic hydroxyl groups excluding tert-OH is 1. The molecular formula is C23H34N5O7PS. The fraction of sp³-hybridized carbons (Fsp3) is 0.565. The van der Waals surface area contributed by atoms with Crippen LogP contribution in [-0.4, -0.2) is 56.2 Å². The second-order valence-electron chi connectivity index (χ2n) is 8.70. The van der Waals surface area contributed by atoms with Crippen molar-refractivity contribution < 1.29 is 28.3 Å². The molecular weight excluding hydrogens is 521 g/mol. The Labute approximate surface area is 219 Å². The minimum atomic E-state index is -4.08. The number of nitrogen functional groups attached to an aromatic ring is 1. The van der Waals surface area contributed by atoms with E-state index in [2.05, 4.69) is 15.1 Å². The number of aliphatic hydroxyl groups is 1. The summed E-state index contributed by atoms with van der Waals surface area (Å²) in [5, 5.41) is 12.2. The first-order chi connectivity index (χ1) is 17.6. The SMILES string of the molecule is CCC(CC)COC(=O)[C@H](C)N[P@](=O)(OC[C@H]1S[C@@H](n2cnc(N)nc2=O)C[C@H]1O)Oc1ccccc1. The van der Waals surface area contributed by atoms with Crippen LogP contribution in [0.1, 0.15) is 45.4 Å². The number of nitrogens with one attached hydrogen (secondary N) is 1. The van der Waals surface area contributed by atoms with Crippen molar-refractivity contribution in [3.63, 3.8) is 0 Å². The third kappa shape index (κ3) is 8.27. The Morgan fingerprint density at radius 3 is 2.68 bits per heavy atom. The molecule has 1 aromatic heterocycles. The van der Waals surface area contributed by atoms with E-state index in [-0.39, 0.29) is 37.3 Å². The van der Waals surface area contributed by atoms with Gasteiger partial charge in [-0.1, -0.05) is 44.9 Å². The molecule has 37 heavy (non-hydrogen) atoms. The van der Waals surface area contributed by atoms with Gasteiger partial charge >= 0.3 is 19.4 Å². The Morgan fingerprint density at radius 2 is 2.03 bits per heavy atom. The highest BCUT2D eigenvalue weighted by molar-refractivity contribution is 8.00. The van der Waals surface area contributed by atoms with Crippen LogP contribution in [0, 0.1) is 5.92 Å². The second-order valence-corrected chi connectivity index (χ2v) is 11.8. The van der Waals surface area contributed by atoms with E-state index in [4.69, 9.17) is 19.5 Å². The monoisotopic (exact) mass is 555 g/mol. The summed E-state index contributed by atoms with van der Waals surface area (Å²) in [7, 11) is -4.08. The summed E-state index contributed by atoms with van der Waals surface area (Å²) >= 11 is 1.25. The normalized spacial score (nSPS) is 21.9. The highest BCUT2D eigenvalue weighted by Crippen LogP contribution is 2.48. The highest BCUT2D eigenvalue weighted by Gasteiger charge is 2.39. The van der Waals surface area contributed by atoms with E-state index in [1.165, 1.54) is 29.6 Å². The van der Waals surface area contributed by atoms with Crippen molar-refractivity contribution in [3.05, 3.63) is 47.1 Å². The maximum Gasteiger partial charge on any atom is 0.459 e. The van der Waals surface area contributed by atoms with E-state index in [1.54, 1.807) is 30.3 Å². The zero-order chi connectivity index (χ0) is 27.0. The van der Waals surface area contributed by atoms with Gasteiger partial charge in [-0.05, 0) is 25.0 Å². The average Bonchev–Trinajstić information content (AvgIpc) is 3.23. The smallest absolute Gasteiger partial charge is 0.459 e. The molecule has 0 amide bonds. The van der Waals surface area contributed by atoms with Gasteiger partial charge < -0.3 is 20.1 Å². The van der Waals surface area contributed by atoms with Crippen LogP contribution in [0.3, 0.4) is 0 Å². The Morgan fingerprint density at radius 1 is 1.32 bits per heavy atom. The van der Waals surface area contributed by atoms with Crippen molar-refractivity contribution in [1.82, 2.24) is 19.6 Å². The molecule has 14 heteroatoms. The molecule has 0 aliphatic carbocycles. The van der Waals surface area contributed by atoms with Crippen LogP contribution >= 0.6 is 19.5 Å². The van der Waals surface area contributed by atoms with Crippen molar-refractivity contribution in [1.29, 1.82) is 0 Å². The van der Waals surface area contributed by atoms with Gasteiger partial charge in [0.2, 0.25) is 5.95 Å². The van der Waals surface area contributed by atoms with Crippen LogP contribution in [0.25, 0.3) is 0 Å². The van der Waals surface area contributed by atoms with Gasteiger partial charge in [0.15, 0.2) is 0 Å². The third-order valence-electron chi connectivity index (χ3n) is 5.96. The molecule has 1 aliphatic heterocycles. The van der Waals surface area contributed by atoms with Crippen LogP contribution in [0.15, 0.2) is 41.5 Å². The van der Waals surface area contributed by atoms with Crippen LogP contribution in [0.2, 0.25) is 0 Å². The standard InChI is InChI=1S/C23H34N5O7PS/c1-4-16(5-2)12-33-21(30)15(3)27-36(32,35-17-9-7-6-8-10-17)34-13-19-18(29)11-20(37-19)28-14-25-22(24)26-23(28)31/h6-10,14-16,18-20,29H,4-5,11-13H2,1-3H3,(H,27,32)(H2,24,26,31)/t15-,18+,19+,20+,36-/m0/s1. The van der Waals surface area contributed by atoms with Crippen molar-refractivity contribution in [2.75, 3.05) is 18.9 Å². The van der Waals surface area contributed by atoms with Gasteiger partial charge in [-0.3, -0.25) is 13.9 Å². The van der Waals surface area contributed by atoms with Gasteiger partial charge in [0, 0.05) is 6.42 Å². The van der Waals surface area contributed by atoms with Gasteiger partial charge in [0.05, 0.1) is 29.9 Å². The number of carbonyl (C=O) groups excluding carboxylic acids is 1. The number of benzene rings is 1. The molecule has 1 saturated heterocycles. The lowest BCUT2D eigenvalue weighted by atomic mass is 10.1. The molecule has 0 radical (unpaired) electrons. The summed E-state index contributed by atoms with van der Waals surface area (Å²) in [6.45, 7) is 5.65. The van der Waals surface area contributed by atoms with E-state index >= 15 is 0 Å². The number of hydrogen-bond acceptors (Lipinski definition) is 11. The number of nitrogens with zero attached hydrogens (tertiary/aromatic N) is 3. The lowest BCUT2D eigenvalue weighted by Gasteiger charge is -2.25. The Balaban J connectivity index is 1.68. The molecule has 0 bridgehead atoms. The summed E-state index contributed by atoms with van der Waals surface area (Å²) in [5.74, 6) is -0.195. The minimum Gasteiger partial charge on any atom is -0.464 e. The van der Waals surface area contributed by atoms with Crippen molar-refractivity contribution in [2.24, 2.45) is 5.92 Å². The number of nitrogens with two attached hydrogens (primary N) is 1. The Hall–Kier alpha value is -2.44. The number of hydrogen-bond donors (Lipinski definition) is 3. The van der Waals surface area contributed by atoms with Crippen LogP contribution in [-0.2, 0) is 18.6 Å².